The Morgan fingerprint density at radius 3 is 2.63 bits per heavy atom. The second-order valence-electron chi connectivity index (χ2n) is 6.62. The van der Waals surface area contributed by atoms with Gasteiger partial charge in [-0.15, -0.1) is 0 Å². The average molecular weight is 471 g/mol. The summed E-state index contributed by atoms with van der Waals surface area (Å²) in [6.45, 7) is 4.31. The number of halogens is 1. The number of hydrazone groups is 1. The van der Waals surface area contributed by atoms with Crippen LogP contribution in [0.15, 0.2) is 58.1 Å². The van der Waals surface area contributed by atoms with Gasteiger partial charge in [-0.2, -0.15) is 10.2 Å². The number of carbonyl (C=O) groups is 1. The van der Waals surface area contributed by atoms with Crippen LogP contribution in [0.3, 0.4) is 0 Å². The van der Waals surface area contributed by atoms with Gasteiger partial charge in [-0.25, -0.2) is 5.43 Å². The van der Waals surface area contributed by atoms with E-state index in [1.165, 1.54) is 0 Å². The molecule has 0 aliphatic rings. The minimum Gasteiger partial charge on any atom is -0.493 e. The number of nitrogens with one attached hydrogen (secondary N) is 1. The van der Waals surface area contributed by atoms with E-state index >= 15 is 0 Å². The van der Waals surface area contributed by atoms with Crippen LogP contribution in [-0.4, -0.2) is 29.0 Å². The molecule has 0 saturated heterocycles. The zero-order valence-corrected chi connectivity index (χ0v) is 18.6. The summed E-state index contributed by atoms with van der Waals surface area (Å²) in [5, 5.41) is 8.34. The van der Waals surface area contributed by atoms with E-state index in [2.05, 4.69) is 31.6 Å². The second kappa shape index (κ2) is 10.1. The molecule has 8 heteroatoms. The molecule has 0 aliphatic carbocycles. The molecule has 30 heavy (non-hydrogen) atoms. The summed E-state index contributed by atoms with van der Waals surface area (Å²) in [4.78, 5) is 12.1. The van der Waals surface area contributed by atoms with Crippen LogP contribution in [-0.2, 0) is 17.9 Å². The van der Waals surface area contributed by atoms with Crippen LogP contribution in [0.2, 0.25) is 0 Å². The average Bonchev–Trinajstić information content (AvgIpc) is 2.99. The molecule has 3 rings (SSSR count). The highest BCUT2D eigenvalue weighted by Crippen LogP contribution is 2.28. The Bertz CT molecular complexity index is 1050. The molecule has 1 aromatic heterocycles. The molecule has 156 valence electrons. The summed E-state index contributed by atoms with van der Waals surface area (Å²) >= 11 is 3.45. The van der Waals surface area contributed by atoms with Crippen molar-refractivity contribution >= 4 is 28.1 Å². The highest BCUT2D eigenvalue weighted by atomic mass is 79.9. The van der Waals surface area contributed by atoms with Gasteiger partial charge in [0.2, 0.25) is 0 Å². The van der Waals surface area contributed by atoms with E-state index in [4.69, 9.17) is 9.47 Å². The van der Waals surface area contributed by atoms with Gasteiger partial charge in [-0.05, 0) is 59.1 Å². The second-order valence-corrected chi connectivity index (χ2v) is 7.41. The first-order chi connectivity index (χ1) is 14.5. The maximum absolute atomic E-state index is 12.1. The van der Waals surface area contributed by atoms with E-state index in [9.17, 15) is 4.79 Å². The van der Waals surface area contributed by atoms with Gasteiger partial charge in [-0.3, -0.25) is 9.48 Å². The molecular formula is C22H23BrN4O3. The summed E-state index contributed by atoms with van der Waals surface area (Å²) in [7, 11) is 1.58. The van der Waals surface area contributed by atoms with Gasteiger partial charge in [0.25, 0.3) is 5.91 Å². The predicted molar refractivity (Wildman–Crippen MR) is 119 cm³/mol. The van der Waals surface area contributed by atoms with Crippen molar-refractivity contribution in [1.29, 1.82) is 0 Å². The molecule has 1 amide bonds. The topological polar surface area (TPSA) is 77.7 Å². The zero-order chi connectivity index (χ0) is 21.5. The molecule has 7 nitrogen and oxygen atoms in total. The van der Waals surface area contributed by atoms with E-state index in [0.29, 0.717) is 18.1 Å². The minimum atomic E-state index is -0.265. The fourth-order valence-electron chi connectivity index (χ4n) is 2.80. The van der Waals surface area contributed by atoms with Gasteiger partial charge >= 0.3 is 0 Å². The quantitative estimate of drug-likeness (QED) is 0.398. The Labute approximate surface area is 183 Å². The summed E-state index contributed by atoms with van der Waals surface area (Å²) in [5.41, 5.74) is 6.09. The highest BCUT2D eigenvalue weighted by molar-refractivity contribution is 9.10. The number of aromatic nitrogens is 2. The van der Waals surface area contributed by atoms with Gasteiger partial charge in [0.1, 0.15) is 13.2 Å². The Balaban J connectivity index is 1.58. The number of carbonyl (C=O) groups excluding carboxylic acids is 1. The van der Waals surface area contributed by atoms with E-state index in [1.807, 2.05) is 56.3 Å². The molecule has 0 atom stereocenters. The number of amides is 1. The molecule has 0 unspecified atom stereocenters. The lowest BCUT2D eigenvalue weighted by molar-refractivity contribution is -0.121. The first-order valence-electron chi connectivity index (χ1n) is 9.34. The predicted octanol–water partition coefficient (Wildman–Crippen LogP) is 4.00. The third kappa shape index (κ3) is 5.48. The van der Waals surface area contributed by atoms with Crippen molar-refractivity contribution in [3.63, 3.8) is 0 Å². The van der Waals surface area contributed by atoms with Crippen LogP contribution in [0.5, 0.6) is 11.5 Å². The molecule has 0 spiro atoms. The van der Waals surface area contributed by atoms with Gasteiger partial charge in [-0.1, -0.05) is 30.3 Å². The minimum absolute atomic E-state index is 0.0885. The van der Waals surface area contributed by atoms with E-state index in [1.54, 1.807) is 24.1 Å². The third-order valence-corrected chi connectivity index (χ3v) is 5.56. The van der Waals surface area contributed by atoms with Crippen LogP contribution < -0.4 is 14.9 Å². The first kappa shape index (κ1) is 21.6. The van der Waals surface area contributed by atoms with Gasteiger partial charge in [0.15, 0.2) is 11.5 Å². The normalized spacial score (nSPS) is 10.9. The molecule has 0 aliphatic heterocycles. The number of rotatable bonds is 8. The number of hydrogen-bond donors (Lipinski definition) is 1. The summed E-state index contributed by atoms with van der Waals surface area (Å²) in [6.07, 6.45) is 1.55. The maximum atomic E-state index is 12.1. The molecule has 0 saturated carbocycles. The number of benzene rings is 2. The summed E-state index contributed by atoms with van der Waals surface area (Å²) in [6, 6.07) is 15.4. The lowest BCUT2D eigenvalue weighted by Crippen LogP contribution is -2.24. The monoisotopic (exact) mass is 470 g/mol. The van der Waals surface area contributed by atoms with Crippen molar-refractivity contribution in [2.75, 3.05) is 7.11 Å². The number of ether oxygens (including phenoxy) is 2. The van der Waals surface area contributed by atoms with E-state index < -0.39 is 0 Å². The molecule has 1 heterocycles. The van der Waals surface area contributed by atoms with E-state index in [0.717, 1.165) is 27.0 Å². The largest absolute Gasteiger partial charge is 0.493 e. The standard InChI is InChI=1S/C22H23BrN4O3/c1-15-22(23)16(2)27(26-15)13-21(28)25-24-12-18-9-10-19(20(11-18)29-3)30-14-17-7-5-4-6-8-17/h4-12H,13-14H2,1-3H3,(H,25,28)/b24-12+. The van der Waals surface area contributed by atoms with Gasteiger partial charge in [0.05, 0.1) is 29.2 Å². The number of methoxy groups -OCH3 is 1. The molecule has 1 N–H and O–H groups in total. The fourth-order valence-corrected chi connectivity index (χ4v) is 3.08. The molecule has 3 aromatic rings. The van der Waals surface area contributed by atoms with Crippen molar-refractivity contribution in [3.05, 3.63) is 75.5 Å². The Morgan fingerprint density at radius 2 is 1.97 bits per heavy atom. The maximum Gasteiger partial charge on any atom is 0.261 e. The molecule has 2 aromatic carbocycles. The van der Waals surface area contributed by atoms with Crippen molar-refractivity contribution in [2.45, 2.75) is 27.0 Å². The van der Waals surface area contributed by atoms with Crippen molar-refractivity contribution in [2.24, 2.45) is 5.10 Å². The van der Waals surface area contributed by atoms with Gasteiger partial charge in [0, 0.05) is 0 Å². The van der Waals surface area contributed by atoms with Gasteiger partial charge < -0.3 is 9.47 Å². The Hall–Kier alpha value is -3.13. The smallest absolute Gasteiger partial charge is 0.261 e. The third-order valence-electron chi connectivity index (χ3n) is 4.41. The number of aryl methyl sites for hydroxylation is 1. The Kier molecular flexibility index (Phi) is 7.24. The lowest BCUT2D eigenvalue weighted by atomic mass is 10.2. The van der Waals surface area contributed by atoms with Crippen LogP contribution >= 0.6 is 15.9 Å². The van der Waals surface area contributed by atoms with Crippen LogP contribution in [0.1, 0.15) is 22.5 Å². The lowest BCUT2D eigenvalue weighted by Gasteiger charge is -2.11. The molecule has 0 radical (unpaired) electrons. The summed E-state index contributed by atoms with van der Waals surface area (Å²) in [5.74, 6) is 0.963. The van der Waals surface area contributed by atoms with E-state index in [-0.39, 0.29) is 12.5 Å². The first-order valence-corrected chi connectivity index (χ1v) is 10.1. The zero-order valence-electron chi connectivity index (χ0n) is 17.1. The molecule has 0 bridgehead atoms. The van der Waals surface area contributed by atoms with Crippen LogP contribution in [0, 0.1) is 13.8 Å². The van der Waals surface area contributed by atoms with Crippen molar-refractivity contribution < 1.29 is 14.3 Å². The summed E-state index contributed by atoms with van der Waals surface area (Å²) < 4.78 is 13.8. The van der Waals surface area contributed by atoms with Crippen molar-refractivity contribution in [1.82, 2.24) is 15.2 Å². The number of nitrogens with zero attached hydrogens (tertiary/aromatic N) is 3. The highest BCUT2D eigenvalue weighted by Gasteiger charge is 2.11. The molecular weight excluding hydrogens is 448 g/mol. The fraction of sp³-hybridized carbons (Fsp3) is 0.227. The Morgan fingerprint density at radius 1 is 1.20 bits per heavy atom. The molecule has 0 fully saturated rings. The number of hydrogen-bond acceptors (Lipinski definition) is 5. The van der Waals surface area contributed by atoms with Crippen LogP contribution in [0.4, 0.5) is 0 Å². The van der Waals surface area contributed by atoms with Crippen LogP contribution in [0.25, 0.3) is 0 Å². The van der Waals surface area contributed by atoms with Crippen molar-refractivity contribution in [3.8, 4) is 11.5 Å². The SMILES string of the molecule is COc1cc(/C=N/NC(=O)Cn2nc(C)c(Br)c2C)ccc1OCc1ccccc1.